The number of anilines is 1. The largest absolute Gasteiger partial charge is 0.341 e. The van der Waals surface area contributed by atoms with Gasteiger partial charge in [0.25, 0.3) is 5.91 Å². The number of rotatable bonds is 3. The highest BCUT2D eigenvalue weighted by Crippen LogP contribution is 2.38. The lowest BCUT2D eigenvalue weighted by Gasteiger charge is -2.19. The summed E-state index contributed by atoms with van der Waals surface area (Å²) in [6.45, 7) is 3.68. The molecular weight excluding hydrogens is 347 g/mol. The third kappa shape index (κ3) is 3.12. The first-order chi connectivity index (χ1) is 11.4. The van der Waals surface area contributed by atoms with Crippen LogP contribution in [0.15, 0.2) is 36.4 Å². The molecule has 0 unspecified atom stereocenters. The molecule has 2 amide bonds. The monoisotopic (exact) mass is 362 g/mol. The van der Waals surface area contributed by atoms with Gasteiger partial charge in [0.2, 0.25) is 5.91 Å². The highest BCUT2D eigenvalue weighted by molar-refractivity contribution is 6.35. The fourth-order valence-electron chi connectivity index (χ4n) is 2.88. The molecule has 0 aromatic heterocycles. The van der Waals surface area contributed by atoms with Gasteiger partial charge in [-0.15, -0.1) is 0 Å². The molecule has 1 aliphatic heterocycles. The third-order valence-corrected chi connectivity index (χ3v) is 4.58. The number of hydrogen-bond acceptors (Lipinski definition) is 2. The van der Waals surface area contributed by atoms with Gasteiger partial charge in [-0.05, 0) is 30.7 Å². The number of aryl methyl sites for hydroxylation is 1. The molecule has 0 bridgehead atoms. The molecule has 2 aromatic rings. The van der Waals surface area contributed by atoms with Crippen LogP contribution < -0.4 is 10.2 Å². The summed E-state index contributed by atoms with van der Waals surface area (Å²) in [5.74, 6) is -0.413. The van der Waals surface area contributed by atoms with Crippen molar-refractivity contribution in [1.29, 1.82) is 0 Å². The zero-order chi connectivity index (χ0) is 17.4. The van der Waals surface area contributed by atoms with Crippen molar-refractivity contribution in [2.75, 3.05) is 4.90 Å². The number of carbonyl (C=O) groups is 2. The Kier molecular flexibility index (Phi) is 4.52. The molecule has 0 fully saturated rings. The lowest BCUT2D eigenvalue weighted by Crippen LogP contribution is -2.36. The molecule has 0 saturated carbocycles. The molecule has 0 saturated heterocycles. The second-order valence-corrected chi connectivity index (χ2v) is 6.70. The van der Waals surface area contributed by atoms with Crippen molar-refractivity contribution in [1.82, 2.24) is 5.32 Å². The van der Waals surface area contributed by atoms with Crippen molar-refractivity contribution < 1.29 is 9.59 Å². The Morgan fingerprint density at radius 3 is 2.62 bits per heavy atom. The first-order valence-electron chi connectivity index (χ1n) is 7.50. The molecule has 1 atom stereocenters. The van der Waals surface area contributed by atoms with Crippen molar-refractivity contribution in [2.24, 2.45) is 0 Å². The summed E-state index contributed by atoms with van der Waals surface area (Å²) in [5, 5.41) is 3.78. The minimum absolute atomic E-state index is 0.170. The van der Waals surface area contributed by atoms with E-state index in [2.05, 4.69) is 5.32 Å². The molecule has 0 aliphatic carbocycles. The van der Waals surface area contributed by atoms with Crippen LogP contribution in [0.2, 0.25) is 10.0 Å². The molecule has 3 rings (SSSR count). The van der Waals surface area contributed by atoms with Crippen LogP contribution in [0.4, 0.5) is 5.69 Å². The van der Waals surface area contributed by atoms with E-state index in [9.17, 15) is 9.59 Å². The van der Waals surface area contributed by atoms with E-state index >= 15 is 0 Å². The highest BCUT2D eigenvalue weighted by Gasteiger charge is 2.38. The van der Waals surface area contributed by atoms with Crippen molar-refractivity contribution in [3.05, 3.63) is 63.1 Å². The van der Waals surface area contributed by atoms with E-state index in [4.69, 9.17) is 23.2 Å². The van der Waals surface area contributed by atoms with Crippen LogP contribution in [0.3, 0.4) is 0 Å². The smallest absolute Gasteiger partial charge is 0.254 e. The Balaban J connectivity index is 1.99. The molecule has 2 aromatic carbocycles. The van der Waals surface area contributed by atoms with Gasteiger partial charge in [0.15, 0.2) is 0 Å². The number of nitrogens with one attached hydrogen (secondary N) is 1. The minimum Gasteiger partial charge on any atom is -0.341 e. The summed E-state index contributed by atoms with van der Waals surface area (Å²) in [6, 6.07) is 10.3. The van der Waals surface area contributed by atoms with Crippen LogP contribution in [0, 0.1) is 6.92 Å². The van der Waals surface area contributed by atoms with Crippen molar-refractivity contribution in [3.63, 3.8) is 0 Å². The number of carbonyl (C=O) groups excluding carboxylic acids is 2. The average molecular weight is 363 g/mol. The Morgan fingerprint density at radius 2 is 1.96 bits per heavy atom. The number of nitrogens with zero attached hydrogens (tertiary/aromatic N) is 1. The summed E-state index contributed by atoms with van der Waals surface area (Å²) < 4.78 is 0. The van der Waals surface area contributed by atoms with E-state index < -0.39 is 6.04 Å². The van der Waals surface area contributed by atoms with Gasteiger partial charge in [-0.1, -0.05) is 47.0 Å². The maximum absolute atomic E-state index is 12.8. The molecule has 4 nitrogen and oxygen atoms in total. The maximum atomic E-state index is 12.8. The van der Waals surface area contributed by atoms with Crippen molar-refractivity contribution in [3.8, 4) is 0 Å². The summed E-state index contributed by atoms with van der Waals surface area (Å²) >= 11 is 12.2. The van der Waals surface area contributed by atoms with Crippen molar-refractivity contribution in [2.45, 2.75) is 26.4 Å². The second-order valence-electron chi connectivity index (χ2n) is 5.86. The zero-order valence-electron chi connectivity index (χ0n) is 13.3. The van der Waals surface area contributed by atoms with Gasteiger partial charge < -0.3 is 10.2 Å². The van der Waals surface area contributed by atoms with Gasteiger partial charge in [-0.2, -0.15) is 0 Å². The summed E-state index contributed by atoms with van der Waals surface area (Å²) in [5.41, 5.74) is 3.42. The van der Waals surface area contributed by atoms with Gasteiger partial charge in [0.05, 0.1) is 6.54 Å². The molecule has 1 aliphatic rings. The van der Waals surface area contributed by atoms with Crippen LogP contribution in [-0.4, -0.2) is 11.8 Å². The molecule has 0 spiro atoms. The van der Waals surface area contributed by atoms with Gasteiger partial charge in [-0.25, -0.2) is 0 Å². The Labute approximate surface area is 150 Å². The summed E-state index contributed by atoms with van der Waals surface area (Å²) in [6.07, 6.45) is 0. The topological polar surface area (TPSA) is 49.4 Å². The van der Waals surface area contributed by atoms with Gasteiger partial charge >= 0.3 is 0 Å². The van der Waals surface area contributed by atoms with E-state index in [0.29, 0.717) is 16.6 Å². The molecule has 1 N–H and O–H groups in total. The lowest BCUT2D eigenvalue weighted by molar-refractivity contribution is -0.126. The Morgan fingerprint density at radius 1 is 1.21 bits per heavy atom. The number of amides is 2. The fraction of sp³-hybridized carbons (Fsp3) is 0.222. The van der Waals surface area contributed by atoms with Crippen LogP contribution in [0.25, 0.3) is 0 Å². The highest BCUT2D eigenvalue weighted by atomic mass is 35.5. The van der Waals surface area contributed by atoms with E-state index in [0.717, 1.165) is 22.4 Å². The van der Waals surface area contributed by atoms with E-state index in [1.165, 1.54) is 6.92 Å². The van der Waals surface area contributed by atoms with Gasteiger partial charge in [0.1, 0.15) is 6.04 Å². The fourth-order valence-corrected chi connectivity index (χ4v) is 3.35. The van der Waals surface area contributed by atoms with Crippen LogP contribution in [0.5, 0.6) is 0 Å². The van der Waals surface area contributed by atoms with Crippen LogP contribution >= 0.6 is 23.2 Å². The van der Waals surface area contributed by atoms with Gasteiger partial charge in [-0.3, -0.25) is 9.59 Å². The summed E-state index contributed by atoms with van der Waals surface area (Å²) in [4.78, 5) is 26.0. The SMILES string of the molecule is CC(=O)N[C@H]1C(=O)N(Cc2ccc(Cl)cc2Cl)c2ccc(C)cc21. The molecule has 1 heterocycles. The second kappa shape index (κ2) is 6.46. The Hall–Kier alpha value is -2.04. The number of fused-ring (bicyclic) bond motifs is 1. The lowest BCUT2D eigenvalue weighted by atomic mass is 10.1. The summed E-state index contributed by atoms with van der Waals surface area (Å²) in [7, 11) is 0. The first-order valence-corrected chi connectivity index (χ1v) is 8.25. The standard InChI is InChI=1S/C18H16Cl2N2O2/c1-10-3-6-16-14(7-10)17(21-11(2)23)18(24)22(16)9-12-4-5-13(19)8-15(12)20/h3-8,17H,9H2,1-2H3,(H,21,23)/t17-/m1/s1. The van der Waals surface area contributed by atoms with Crippen LogP contribution in [0.1, 0.15) is 29.7 Å². The number of hydrogen-bond donors (Lipinski definition) is 1. The first kappa shape index (κ1) is 16.8. The molecule has 124 valence electrons. The third-order valence-electron chi connectivity index (χ3n) is 3.99. The van der Waals surface area contributed by atoms with E-state index in [1.54, 1.807) is 23.1 Å². The maximum Gasteiger partial charge on any atom is 0.254 e. The average Bonchev–Trinajstić information content (AvgIpc) is 2.74. The van der Waals surface area contributed by atoms with Gasteiger partial charge in [0, 0.05) is 28.2 Å². The van der Waals surface area contributed by atoms with E-state index in [-0.39, 0.29) is 11.8 Å². The number of benzene rings is 2. The molecule has 24 heavy (non-hydrogen) atoms. The molecule has 0 radical (unpaired) electrons. The zero-order valence-corrected chi connectivity index (χ0v) is 14.8. The normalized spacial score (nSPS) is 16.2. The number of halogens is 2. The Bertz CT molecular complexity index is 836. The van der Waals surface area contributed by atoms with Crippen molar-refractivity contribution >= 4 is 40.7 Å². The quantitative estimate of drug-likeness (QED) is 0.895. The minimum atomic E-state index is -0.663. The predicted molar refractivity (Wildman–Crippen MR) is 95.4 cm³/mol. The van der Waals surface area contributed by atoms with Crippen LogP contribution in [-0.2, 0) is 16.1 Å². The van der Waals surface area contributed by atoms with E-state index in [1.807, 2.05) is 25.1 Å². The molecular formula is C18H16Cl2N2O2. The molecule has 6 heteroatoms. The predicted octanol–water partition coefficient (Wildman–Crippen LogP) is 4.03.